The minimum atomic E-state index is -0.678. The van der Waals surface area contributed by atoms with E-state index in [-0.39, 0.29) is 5.91 Å². The lowest BCUT2D eigenvalue weighted by Crippen LogP contribution is -2.45. The molecule has 4 N–H and O–H groups in total. The minimum absolute atomic E-state index is 0.0662. The monoisotopic (exact) mass is 298 g/mol. The maximum atomic E-state index is 11.9. The fourth-order valence-corrected chi connectivity index (χ4v) is 3.27. The topological polar surface area (TPSA) is 75.4 Å². The molecule has 0 aliphatic heterocycles. The maximum Gasteiger partial charge on any atom is 0.220 e. The van der Waals surface area contributed by atoms with Crippen molar-refractivity contribution in [1.29, 1.82) is 0 Å². The van der Waals surface area contributed by atoms with Crippen molar-refractivity contribution in [3.63, 3.8) is 0 Å². The van der Waals surface area contributed by atoms with E-state index >= 15 is 0 Å². The summed E-state index contributed by atoms with van der Waals surface area (Å²) in [5, 5.41) is 13.4. The molecule has 1 aliphatic rings. The molecular weight excluding hydrogens is 264 g/mol. The summed E-state index contributed by atoms with van der Waals surface area (Å²) in [5.41, 5.74) is 4.90. The number of carbonyl (C=O) groups is 1. The molecule has 0 saturated heterocycles. The van der Waals surface area contributed by atoms with Crippen molar-refractivity contribution in [2.45, 2.75) is 77.2 Å². The summed E-state index contributed by atoms with van der Waals surface area (Å²) in [5.74, 6) is 1.36. The molecule has 0 spiro atoms. The molecular formula is C17H34N2O2. The van der Waals surface area contributed by atoms with Gasteiger partial charge in [0.1, 0.15) is 0 Å². The van der Waals surface area contributed by atoms with Crippen molar-refractivity contribution in [3.8, 4) is 0 Å². The van der Waals surface area contributed by atoms with Gasteiger partial charge in [0.15, 0.2) is 0 Å². The molecule has 124 valence electrons. The molecule has 0 aromatic rings. The van der Waals surface area contributed by atoms with Gasteiger partial charge in [-0.2, -0.15) is 0 Å². The number of hydrogen-bond acceptors (Lipinski definition) is 3. The fraction of sp³-hybridized carbons (Fsp3) is 0.941. The molecule has 0 heterocycles. The number of rotatable bonds is 9. The lowest BCUT2D eigenvalue weighted by molar-refractivity contribution is -0.123. The molecule has 1 atom stereocenters. The van der Waals surface area contributed by atoms with Crippen LogP contribution in [0.4, 0.5) is 0 Å². The third-order valence-electron chi connectivity index (χ3n) is 5.16. The number of aliphatic hydroxyl groups is 1. The van der Waals surface area contributed by atoms with Crippen LogP contribution in [0.5, 0.6) is 0 Å². The zero-order valence-corrected chi connectivity index (χ0v) is 13.9. The summed E-state index contributed by atoms with van der Waals surface area (Å²) in [6.45, 7) is 5.46. The van der Waals surface area contributed by atoms with E-state index in [1.807, 2.05) is 0 Å². The highest BCUT2D eigenvalue weighted by molar-refractivity contribution is 5.75. The SMILES string of the molecule is CCC(CCN)CCC(=O)NCC1(O)CCC(CC)CC1. The molecule has 4 heteroatoms. The van der Waals surface area contributed by atoms with E-state index in [1.54, 1.807) is 0 Å². The first-order valence-corrected chi connectivity index (χ1v) is 8.72. The van der Waals surface area contributed by atoms with Gasteiger partial charge >= 0.3 is 0 Å². The Labute approximate surface area is 129 Å². The summed E-state index contributed by atoms with van der Waals surface area (Å²) < 4.78 is 0. The van der Waals surface area contributed by atoms with Crippen molar-refractivity contribution >= 4 is 5.91 Å². The molecule has 0 aromatic carbocycles. The van der Waals surface area contributed by atoms with Crippen LogP contribution in [-0.4, -0.2) is 29.7 Å². The van der Waals surface area contributed by atoms with Gasteiger partial charge in [0.05, 0.1) is 5.60 Å². The lowest BCUT2D eigenvalue weighted by Gasteiger charge is -2.35. The second-order valence-corrected chi connectivity index (χ2v) is 6.74. The van der Waals surface area contributed by atoms with Gasteiger partial charge in [-0.05, 0) is 56.9 Å². The predicted octanol–water partition coefficient (Wildman–Crippen LogP) is 2.59. The molecule has 1 saturated carbocycles. The smallest absolute Gasteiger partial charge is 0.220 e. The first kappa shape index (κ1) is 18.4. The second-order valence-electron chi connectivity index (χ2n) is 6.74. The summed E-state index contributed by atoms with van der Waals surface area (Å²) in [4.78, 5) is 11.9. The average molecular weight is 298 g/mol. The second kappa shape index (κ2) is 9.42. The van der Waals surface area contributed by atoms with Gasteiger partial charge in [0.2, 0.25) is 5.91 Å². The number of hydrogen-bond donors (Lipinski definition) is 3. The fourth-order valence-electron chi connectivity index (χ4n) is 3.27. The van der Waals surface area contributed by atoms with Gasteiger partial charge in [-0.3, -0.25) is 4.79 Å². The van der Waals surface area contributed by atoms with Crippen molar-refractivity contribution < 1.29 is 9.90 Å². The van der Waals surface area contributed by atoms with Crippen molar-refractivity contribution in [2.24, 2.45) is 17.6 Å². The molecule has 1 aliphatic carbocycles. The van der Waals surface area contributed by atoms with Crippen molar-refractivity contribution in [2.75, 3.05) is 13.1 Å². The van der Waals surface area contributed by atoms with Crippen LogP contribution in [0, 0.1) is 11.8 Å². The number of amides is 1. The lowest BCUT2D eigenvalue weighted by atomic mass is 9.78. The Morgan fingerprint density at radius 2 is 2.00 bits per heavy atom. The molecule has 4 nitrogen and oxygen atoms in total. The quantitative estimate of drug-likeness (QED) is 0.612. The largest absolute Gasteiger partial charge is 0.388 e. The molecule has 0 radical (unpaired) electrons. The molecule has 0 bridgehead atoms. The first-order chi connectivity index (χ1) is 10.0. The Kier molecular flexibility index (Phi) is 8.27. The Hall–Kier alpha value is -0.610. The molecule has 21 heavy (non-hydrogen) atoms. The van der Waals surface area contributed by atoms with Crippen LogP contribution >= 0.6 is 0 Å². The van der Waals surface area contributed by atoms with E-state index in [1.165, 1.54) is 6.42 Å². The van der Waals surface area contributed by atoms with E-state index in [9.17, 15) is 9.90 Å². The van der Waals surface area contributed by atoms with Crippen LogP contribution < -0.4 is 11.1 Å². The molecule has 1 rings (SSSR count). The molecule has 1 fully saturated rings. The van der Waals surface area contributed by atoms with E-state index < -0.39 is 5.60 Å². The molecule has 0 aromatic heterocycles. The van der Waals surface area contributed by atoms with Crippen molar-refractivity contribution in [3.05, 3.63) is 0 Å². The summed E-state index contributed by atoms with van der Waals surface area (Å²) in [7, 11) is 0. The van der Waals surface area contributed by atoms with Crippen LogP contribution in [0.3, 0.4) is 0 Å². The van der Waals surface area contributed by atoms with Crippen LogP contribution in [0.2, 0.25) is 0 Å². The summed E-state index contributed by atoms with van der Waals surface area (Å²) >= 11 is 0. The average Bonchev–Trinajstić information content (AvgIpc) is 2.50. The zero-order chi connectivity index (χ0) is 15.7. The van der Waals surface area contributed by atoms with Gasteiger partial charge in [-0.1, -0.05) is 26.7 Å². The Balaban J connectivity index is 2.23. The summed E-state index contributed by atoms with van der Waals surface area (Å²) in [6, 6.07) is 0. The minimum Gasteiger partial charge on any atom is -0.388 e. The van der Waals surface area contributed by atoms with Crippen LogP contribution in [0.25, 0.3) is 0 Å². The van der Waals surface area contributed by atoms with Crippen LogP contribution in [0.15, 0.2) is 0 Å². The highest BCUT2D eigenvalue weighted by Gasteiger charge is 2.32. The molecule has 1 amide bonds. The first-order valence-electron chi connectivity index (χ1n) is 8.72. The third kappa shape index (κ3) is 6.79. The van der Waals surface area contributed by atoms with Crippen LogP contribution in [-0.2, 0) is 4.79 Å². The normalized spacial score (nSPS) is 27.3. The van der Waals surface area contributed by atoms with Gasteiger partial charge < -0.3 is 16.2 Å². The maximum absolute atomic E-state index is 11.9. The van der Waals surface area contributed by atoms with E-state index in [0.717, 1.165) is 50.9 Å². The summed E-state index contributed by atoms with van der Waals surface area (Å²) in [6.07, 6.45) is 8.50. The highest BCUT2D eigenvalue weighted by atomic mass is 16.3. The molecule has 1 unspecified atom stereocenters. The van der Waals surface area contributed by atoms with Gasteiger partial charge in [0.25, 0.3) is 0 Å². The van der Waals surface area contributed by atoms with E-state index in [0.29, 0.717) is 25.4 Å². The van der Waals surface area contributed by atoms with Gasteiger partial charge in [0, 0.05) is 13.0 Å². The Morgan fingerprint density at radius 3 is 2.52 bits per heavy atom. The number of nitrogens with two attached hydrogens (primary N) is 1. The highest BCUT2D eigenvalue weighted by Crippen LogP contribution is 2.33. The number of nitrogens with one attached hydrogen (secondary N) is 1. The zero-order valence-electron chi connectivity index (χ0n) is 13.9. The van der Waals surface area contributed by atoms with Crippen molar-refractivity contribution in [1.82, 2.24) is 5.32 Å². The van der Waals surface area contributed by atoms with E-state index in [2.05, 4.69) is 19.2 Å². The predicted molar refractivity (Wildman–Crippen MR) is 86.9 cm³/mol. The van der Waals surface area contributed by atoms with Crippen LogP contribution in [0.1, 0.15) is 71.6 Å². The Bertz CT molecular complexity index is 299. The third-order valence-corrected chi connectivity index (χ3v) is 5.16. The van der Waals surface area contributed by atoms with E-state index in [4.69, 9.17) is 5.73 Å². The van der Waals surface area contributed by atoms with Gasteiger partial charge in [-0.25, -0.2) is 0 Å². The van der Waals surface area contributed by atoms with Gasteiger partial charge in [-0.15, -0.1) is 0 Å². The number of carbonyl (C=O) groups excluding carboxylic acids is 1. The Morgan fingerprint density at radius 1 is 1.33 bits per heavy atom. The standard InChI is InChI=1S/C17H34N2O2/c1-3-14(9-12-18)5-6-16(20)19-13-17(21)10-7-15(4-2)8-11-17/h14-15,21H,3-13,18H2,1-2H3,(H,19,20).